The van der Waals surface area contributed by atoms with Crippen molar-refractivity contribution in [3.63, 3.8) is 0 Å². The maximum atomic E-state index is 11.4. The van der Waals surface area contributed by atoms with Crippen molar-refractivity contribution in [1.29, 1.82) is 0 Å². The number of likely N-dealkylation sites (N-methyl/N-ethyl adjacent to an activating group) is 1. The van der Waals surface area contributed by atoms with Crippen molar-refractivity contribution in [3.05, 3.63) is 0 Å². The third kappa shape index (κ3) is 2.32. The van der Waals surface area contributed by atoms with Crippen LogP contribution in [0.3, 0.4) is 0 Å². The molecule has 1 unspecified atom stereocenters. The Morgan fingerprint density at radius 3 is 2.85 bits per heavy atom. The molecule has 5 heteroatoms. The van der Waals surface area contributed by atoms with Gasteiger partial charge in [0.05, 0.1) is 6.04 Å². The molecule has 0 aromatic rings. The fourth-order valence-electron chi connectivity index (χ4n) is 1.62. The molecule has 0 aromatic heterocycles. The standard InChI is InChI=1S/C8H18N4O/c1-10-8(13)12-4-3-11(2)6-7(12)5-9/h7H,3-6,9H2,1-2H3,(H,10,13). The summed E-state index contributed by atoms with van der Waals surface area (Å²) in [6.45, 7) is 3.07. The number of nitrogens with one attached hydrogen (secondary N) is 1. The Hall–Kier alpha value is -0.810. The third-order valence-electron chi connectivity index (χ3n) is 2.43. The summed E-state index contributed by atoms with van der Waals surface area (Å²) in [7, 11) is 3.69. The summed E-state index contributed by atoms with van der Waals surface area (Å²) < 4.78 is 0. The van der Waals surface area contributed by atoms with Crippen molar-refractivity contribution in [2.75, 3.05) is 40.3 Å². The van der Waals surface area contributed by atoms with Crippen LogP contribution in [0.25, 0.3) is 0 Å². The lowest BCUT2D eigenvalue weighted by Crippen LogP contribution is -2.58. The number of hydrogen-bond donors (Lipinski definition) is 2. The van der Waals surface area contributed by atoms with E-state index in [4.69, 9.17) is 5.73 Å². The lowest BCUT2D eigenvalue weighted by atomic mass is 10.2. The Kier molecular flexibility index (Phi) is 3.50. The molecule has 5 nitrogen and oxygen atoms in total. The Morgan fingerprint density at radius 1 is 1.62 bits per heavy atom. The summed E-state index contributed by atoms with van der Waals surface area (Å²) in [4.78, 5) is 15.4. The Morgan fingerprint density at radius 2 is 2.31 bits per heavy atom. The molecule has 13 heavy (non-hydrogen) atoms. The summed E-state index contributed by atoms with van der Waals surface area (Å²) in [6, 6.07) is 0.127. The number of nitrogens with zero attached hydrogens (tertiary/aromatic N) is 2. The molecule has 1 aliphatic heterocycles. The molecule has 0 aromatic carbocycles. The van der Waals surface area contributed by atoms with E-state index >= 15 is 0 Å². The summed E-state index contributed by atoms with van der Waals surface area (Å²) >= 11 is 0. The first-order valence-electron chi connectivity index (χ1n) is 4.56. The van der Waals surface area contributed by atoms with E-state index in [-0.39, 0.29) is 12.1 Å². The zero-order chi connectivity index (χ0) is 9.84. The van der Waals surface area contributed by atoms with Gasteiger partial charge in [0.25, 0.3) is 0 Å². The molecular weight excluding hydrogens is 168 g/mol. The molecular formula is C8H18N4O. The second-order valence-electron chi connectivity index (χ2n) is 3.40. The number of amides is 2. The van der Waals surface area contributed by atoms with Crippen LogP contribution in [0, 0.1) is 0 Å². The predicted octanol–water partition coefficient (Wildman–Crippen LogP) is -1.10. The monoisotopic (exact) mass is 186 g/mol. The number of rotatable bonds is 1. The summed E-state index contributed by atoms with van der Waals surface area (Å²) in [5.41, 5.74) is 5.60. The van der Waals surface area contributed by atoms with E-state index in [9.17, 15) is 4.79 Å². The van der Waals surface area contributed by atoms with E-state index in [1.54, 1.807) is 11.9 Å². The minimum absolute atomic E-state index is 0.0245. The van der Waals surface area contributed by atoms with Gasteiger partial charge >= 0.3 is 6.03 Å². The molecule has 0 spiro atoms. The van der Waals surface area contributed by atoms with E-state index in [0.29, 0.717) is 6.54 Å². The first kappa shape index (κ1) is 10.3. The topological polar surface area (TPSA) is 61.6 Å². The highest BCUT2D eigenvalue weighted by atomic mass is 16.2. The van der Waals surface area contributed by atoms with E-state index in [1.807, 2.05) is 7.05 Å². The minimum Gasteiger partial charge on any atom is -0.341 e. The molecule has 0 radical (unpaired) electrons. The second kappa shape index (κ2) is 4.43. The highest BCUT2D eigenvalue weighted by Crippen LogP contribution is 2.06. The normalized spacial score (nSPS) is 24.5. The lowest BCUT2D eigenvalue weighted by molar-refractivity contribution is 0.113. The molecule has 2 amide bonds. The van der Waals surface area contributed by atoms with E-state index in [2.05, 4.69) is 10.2 Å². The van der Waals surface area contributed by atoms with Crippen molar-refractivity contribution >= 4 is 6.03 Å². The van der Waals surface area contributed by atoms with Gasteiger partial charge in [-0.25, -0.2) is 4.79 Å². The number of nitrogens with two attached hydrogens (primary N) is 1. The molecule has 1 atom stereocenters. The second-order valence-corrected chi connectivity index (χ2v) is 3.40. The van der Waals surface area contributed by atoms with Crippen LogP contribution in [0.4, 0.5) is 4.79 Å². The highest BCUT2D eigenvalue weighted by Gasteiger charge is 2.26. The van der Waals surface area contributed by atoms with Gasteiger partial charge < -0.3 is 20.9 Å². The van der Waals surface area contributed by atoms with Crippen LogP contribution in [0.1, 0.15) is 0 Å². The zero-order valence-electron chi connectivity index (χ0n) is 8.29. The van der Waals surface area contributed by atoms with Gasteiger partial charge in [0, 0.05) is 33.2 Å². The number of urea groups is 1. The molecule has 1 aliphatic rings. The van der Waals surface area contributed by atoms with Gasteiger partial charge in [-0.3, -0.25) is 0 Å². The van der Waals surface area contributed by atoms with Crippen LogP contribution in [0.2, 0.25) is 0 Å². The molecule has 0 bridgehead atoms. The van der Waals surface area contributed by atoms with Crippen molar-refractivity contribution < 1.29 is 4.79 Å². The fourth-order valence-corrected chi connectivity index (χ4v) is 1.62. The highest BCUT2D eigenvalue weighted by molar-refractivity contribution is 5.74. The smallest absolute Gasteiger partial charge is 0.317 e. The number of carbonyl (C=O) groups is 1. The quantitative estimate of drug-likeness (QED) is 0.546. The summed E-state index contributed by atoms with van der Waals surface area (Å²) in [5, 5.41) is 2.63. The number of piperazine rings is 1. The zero-order valence-corrected chi connectivity index (χ0v) is 8.29. The molecule has 1 fully saturated rings. The van der Waals surface area contributed by atoms with Gasteiger partial charge in [-0.05, 0) is 7.05 Å². The van der Waals surface area contributed by atoms with Crippen molar-refractivity contribution in [2.45, 2.75) is 6.04 Å². The van der Waals surface area contributed by atoms with Crippen molar-refractivity contribution in [3.8, 4) is 0 Å². The molecule has 1 heterocycles. The van der Waals surface area contributed by atoms with Crippen LogP contribution in [-0.2, 0) is 0 Å². The largest absolute Gasteiger partial charge is 0.341 e. The van der Waals surface area contributed by atoms with E-state index < -0.39 is 0 Å². The predicted molar refractivity (Wildman–Crippen MR) is 51.5 cm³/mol. The van der Waals surface area contributed by atoms with Gasteiger partial charge in [-0.1, -0.05) is 0 Å². The Balaban J connectivity index is 2.57. The molecule has 76 valence electrons. The minimum atomic E-state index is -0.0245. The maximum absolute atomic E-state index is 11.4. The Bertz CT molecular complexity index is 185. The van der Waals surface area contributed by atoms with Crippen LogP contribution in [0.5, 0.6) is 0 Å². The van der Waals surface area contributed by atoms with Crippen molar-refractivity contribution in [2.24, 2.45) is 5.73 Å². The van der Waals surface area contributed by atoms with Crippen LogP contribution in [0.15, 0.2) is 0 Å². The molecule has 0 saturated carbocycles. The van der Waals surface area contributed by atoms with E-state index in [0.717, 1.165) is 19.6 Å². The number of carbonyl (C=O) groups excluding carboxylic acids is 1. The summed E-state index contributed by atoms with van der Waals surface area (Å²) in [6.07, 6.45) is 0. The number of hydrogen-bond acceptors (Lipinski definition) is 3. The van der Waals surface area contributed by atoms with E-state index in [1.165, 1.54) is 0 Å². The van der Waals surface area contributed by atoms with Crippen LogP contribution < -0.4 is 11.1 Å². The van der Waals surface area contributed by atoms with Gasteiger partial charge in [0.15, 0.2) is 0 Å². The first-order valence-corrected chi connectivity index (χ1v) is 4.56. The fraction of sp³-hybridized carbons (Fsp3) is 0.875. The SMILES string of the molecule is CNC(=O)N1CCN(C)CC1CN. The van der Waals surface area contributed by atoms with Crippen LogP contribution >= 0.6 is 0 Å². The average molecular weight is 186 g/mol. The maximum Gasteiger partial charge on any atom is 0.317 e. The van der Waals surface area contributed by atoms with Gasteiger partial charge in [0.1, 0.15) is 0 Å². The lowest BCUT2D eigenvalue weighted by Gasteiger charge is -2.39. The van der Waals surface area contributed by atoms with Gasteiger partial charge in [-0.15, -0.1) is 0 Å². The third-order valence-corrected chi connectivity index (χ3v) is 2.43. The summed E-state index contributed by atoms with van der Waals surface area (Å²) in [5.74, 6) is 0. The average Bonchev–Trinajstić information content (AvgIpc) is 2.16. The van der Waals surface area contributed by atoms with Crippen LogP contribution in [-0.4, -0.2) is 62.1 Å². The molecule has 1 saturated heterocycles. The molecule has 3 N–H and O–H groups in total. The van der Waals surface area contributed by atoms with Gasteiger partial charge in [0.2, 0.25) is 0 Å². The Labute approximate surface area is 78.9 Å². The van der Waals surface area contributed by atoms with Crippen molar-refractivity contribution in [1.82, 2.24) is 15.1 Å². The molecule has 0 aliphatic carbocycles. The first-order chi connectivity index (χ1) is 6.19. The molecule has 1 rings (SSSR count). The van der Waals surface area contributed by atoms with Gasteiger partial charge in [-0.2, -0.15) is 0 Å².